The molecule has 6 heteroatoms. The first-order valence-corrected chi connectivity index (χ1v) is 8.79. The normalized spacial score (nSPS) is 11.3. The van der Waals surface area contributed by atoms with Crippen molar-refractivity contribution in [1.29, 1.82) is 0 Å². The quantitative estimate of drug-likeness (QED) is 0.641. The van der Waals surface area contributed by atoms with Crippen molar-refractivity contribution < 1.29 is 0 Å². The first-order chi connectivity index (χ1) is 12.3. The third kappa shape index (κ3) is 4.70. The molecule has 0 amide bonds. The van der Waals surface area contributed by atoms with Gasteiger partial charge in [-0.3, -0.25) is 4.98 Å². The van der Waals surface area contributed by atoms with Crippen molar-refractivity contribution in [1.82, 2.24) is 15.0 Å². The Morgan fingerprint density at radius 3 is 2.35 bits per heavy atom. The molecule has 0 fully saturated rings. The largest absolute Gasteiger partial charge is 0.350 e. The minimum Gasteiger partial charge on any atom is -0.350 e. The van der Waals surface area contributed by atoms with Gasteiger partial charge in [-0.1, -0.05) is 17.7 Å². The van der Waals surface area contributed by atoms with E-state index in [2.05, 4.69) is 46.4 Å². The number of nitrogens with zero attached hydrogens (tertiary/aromatic N) is 3. The molecule has 0 saturated heterocycles. The average Bonchev–Trinajstić information content (AvgIpc) is 2.56. The molecule has 2 aromatic heterocycles. The van der Waals surface area contributed by atoms with Crippen LogP contribution in [0.5, 0.6) is 0 Å². The number of halogens is 1. The maximum Gasteiger partial charge on any atom is 0.225 e. The van der Waals surface area contributed by atoms with Crippen molar-refractivity contribution in [2.75, 3.05) is 10.6 Å². The van der Waals surface area contributed by atoms with E-state index in [0.29, 0.717) is 16.8 Å². The molecule has 0 aliphatic carbocycles. The lowest BCUT2D eigenvalue weighted by atomic mass is 10.1. The van der Waals surface area contributed by atoms with Gasteiger partial charge < -0.3 is 10.6 Å². The van der Waals surface area contributed by atoms with Crippen LogP contribution >= 0.6 is 11.6 Å². The number of anilines is 3. The number of rotatable bonds is 4. The van der Waals surface area contributed by atoms with Gasteiger partial charge in [-0.05, 0) is 57.5 Å². The SMILES string of the molecule is Cc1ccc(Nc2cc(-c3ccncc3)nc(NC(C)(C)C)n2)c(Cl)c1. The summed E-state index contributed by atoms with van der Waals surface area (Å²) >= 11 is 6.35. The van der Waals surface area contributed by atoms with Crippen LogP contribution in [-0.4, -0.2) is 20.5 Å². The van der Waals surface area contributed by atoms with E-state index in [9.17, 15) is 0 Å². The minimum atomic E-state index is -0.157. The molecule has 2 N–H and O–H groups in total. The fourth-order valence-electron chi connectivity index (χ4n) is 2.43. The predicted molar refractivity (Wildman–Crippen MR) is 108 cm³/mol. The molecule has 3 aromatic rings. The number of aryl methyl sites for hydroxylation is 1. The van der Waals surface area contributed by atoms with Crippen LogP contribution in [0.3, 0.4) is 0 Å². The lowest BCUT2D eigenvalue weighted by molar-refractivity contribution is 0.626. The Balaban J connectivity index is 2.01. The molecule has 0 atom stereocenters. The number of benzene rings is 1. The Hall–Kier alpha value is -2.66. The molecule has 1 aromatic carbocycles. The maximum absolute atomic E-state index is 6.35. The van der Waals surface area contributed by atoms with Gasteiger partial charge in [0.2, 0.25) is 5.95 Å². The highest BCUT2D eigenvalue weighted by Crippen LogP contribution is 2.28. The number of aromatic nitrogens is 3. The van der Waals surface area contributed by atoms with Crippen LogP contribution in [-0.2, 0) is 0 Å². The zero-order valence-electron chi connectivity index (χ0n) is 15.3. The molecule has 2 heterocycles. The average molecular weight is 368 g/mol. The number of pyridine rings is 1. The fourth-order valence-corrected chi connectivity index (χ4v) is 2.71. The molecule has 3 rings (SSSR count). The summed E-state index contributed by atoms with van der Waals surface area (Å²) in [6.07, 6.45) is 3.50. The smallest absolute Gasteiger partial charge is 0.225 e. The summed E-state index contributed by atoms with van der Waals surface area (Å²) in [4.78, 5) is 13.3. The molecule has 0 radical (unpaired) electrons. The highest BCUT2D eigenvalue weighted by atomic mass is 35.5. The van der Waals surface area contributed by atoms with Gasteiger partial charge in [0, 0.05) is 29.6 Å². The van der Waals surface area contributed by atoms with E-state index in [1.165, 1.54) is 0 Å². The molecular weight excluding hydrogens is 346 g/mol. The summed E-state index contributed by atoms with van der Waals surface area (Å²) < 4.78 is 0. The van der Waals surface area contributed by atoms with Crippen LogP contribution in [0.1, 0.15) is 26.3 Å². The monoisotopic (exact) mass is 367 g/mol. The Morgan fingerprint density at radius 1 is 0.962 bits per heavy atom. The van der Waals surface area contributed by atoms with Crippen LogP contribution in [0, 0.1) is 6.92 Å². The molecule has 26 heavy (non-hydrogen) atoms. The highest BCUT2D eigenvalue weighted by molar-refractivity contribution is 6.33. The number of hydrogen-bond donors (Lipinski definition) is 2. The Labute approximate surface area is 158 Å². The molecule has 0 unspecified atom stereocenters. The van der Waals surface area contributed by atoms with Crippen molar-refractivity contribution in [3.63, 3.8) is 0 Å². The summed E-state index contributed by atoms with van der Waals surface area (Å²) in [5, 5.41) is 7.28. The summed E-state index contributed by atoms with van der Waals surface area (Å²) in [5.74, 6) is 1.22. The van der Waals surface area contributed by atoms with Crippen LogP contribution in [0.2, 0.25) is 5.02 Å². The second kappa shape index (κ2) is 7.30. The van der Waals surface area contributed by atoms with Crippen LogP contribution < -0.4 is 10.6 Å². The molecule has 0 saturated carbocycles. The number of nitrogens with one attached hydrogen (secondary N) is 2. The van der Waals surface area contributed by atoms with Gasteiger partial charge in [-0.25, -0.2) is 4.98 Å². The Bertz CT molecular complexity index is 904. The van der Waals surface area contributed by atoms with E-state index in [1.54, 1.807) is 12.4 Å². The molecule has 0 spiro atoms. The van der Waals surface area contributed by atoms with Crippen molar-refractivity contribution in [3.05, 3.63) is 59.4 Å². The Kier molecular flexibility index (Phi) is 5.09. The summed E-state index contributed by atoms with van der Waals surface area (Å²) in [5.41, 5.74) is 3.53. The Morgan fingerprint density at radius 2 is 1.69 bits per heavy atom. The number of hydrogen-bond acceptors (Lipinski definition) is 5. The highest BCUT2D eigenvalue weighted by Gasteiger charge is 2.14. The molecule has 0 aliphatic rings. The third-order valence-corrected chi connectivity index (χ3v) is 3.89. The van der Waals surface area contributed by atoms with Gasteiger partial charge in [0.05, 0.1) is 16.4 Å². The summed E-state index contributed by atoms with van der Waals surface area (Å²) in [7, 11) is 0. The molecule has 0 bridgehead atoms. The van der Waals surface area contributed by atoms with Crippen molar-refractivity contribution in [3.8, 4) is 11.3 Å². The van der Waals surface area contributed by atoms with Gasteiger partial charge in [0.1, 0.15) is 5.82 Å². The second-order valence-electron chi connectivity index (χ2n) is 7.18. The van der Waals surface area contributed by atoms with E-state index >= 15 is 0 Å². The molecule has 0 aliphatic heterocycles. The standard InChI is InChI=1S/C20H22ClN5/c1-13-5-6-16(15(21)11-13)23-18-12-17(14-7-9-22-10-8-14)24-19(25-18)26-20(2,3)4/h5-12H,1-4H3,(H2,23,24,25,26). The maximum atomic E-state index is 6.35. The van der Waals surface area contributed by atoms with Gasteiger partial charge in [-0.15, -0.1) is 0 Å². The van der Waals surface area contributed by atoms with Gasteiger partial charge in [0.15, 0.2) is 0 Å². The van der Waals surface area contributed by atoms with Crippen molar-refractivity contribution in [2.24, 2.45) is 0 Å². The van der Waals surface area contributed by atoms with E-state index in [1.807, 2.05) is 43.3 Å². The van der Waals surface area contributed by atoms with Gasteiger partial charge in [-0.2, -0.15) is 4.98 Å². The first-order valence-electron chi connectivity index (χ1n) is 8.41. The predicted octanol–water partition coefficient (Wildman–Crippen LogP) is 5.45. The summed E-state index contributed by atoms with van der Waals surface area (Å²) in [6, 6.07) is 11.6. The first kappa shape index (κ1) is 18.1. The van der Waals surface area contributed by atoms with Crippen molar-refractivity contribution in [2.45, 2.75) is 33.2 Å². The van der Waals surface area contributed by atoms with Crippen LogP contribution in [0.4, 0.5) is 17.5 Å². The minimum absolute atomic E-state index is 0.157. The van der Waals surface area contributed by atoms with Crippen LogP contribution in [0.25, 0.3) is 11.3 Å². The van der Waals surface area contributed by atoms with Crippen molar-refractivity contribution >= 4 is 29.1 Å². The van der Waals surface area contributed by atoms with E-state index in [4.69, 9.17) is 11.6 Å². The molecule has 134 valence electrons. The van der Waals surface area contributed by atoms with E-state index in [-0.39, 0.29) is 5.54 Å². The lowest BCUT2D eigenvalue weighted by Gasteiger charge is -2.21. The lowest BCUT2D eigenvalue weighted by Crippen LogP contribution is -2.27. The zero-order chi connectivity index (χ0) is 18.7. The zero-order valence-corrected chi connectivity index (χ0v) is 16.1. The molecular formula is C20H22ClN5. The fraction of sp³-hybridized carbons (Fsp3) is 0.250. The van der Waals surface area contributed by atoms with E-state index < -0.39 is 0 Å². The molecule has 5 nitrogen and oxygen atoms in total. The topological polar surface area (TPSA) is 62.7 Å². The van der Waals surface area contributed by atoms with E-state index in [0.717, 1.165) is 22.5 Å². The second-order valence-corrected chi connectivity index (χ2v) is 7.59. The van der Waals surface area contributed by atoms with Gasteiger partial charge in [0.25, 0.3) is 0 Å². The third-order valence-electron chi connectivity index (χ3n) is 3.58. The van der Waals surface area contributed by atoms with Crippen LogP contribution in [0.15, 0.2) is 48.8 Å². The van der Waals surface area contributed by atoms with Gasteiger partial charge >= 0.3 is 0 Å². The summed E-state index contributed by atoms with van der Waals surface area (Å²) in [6.45, 7) is 8.21.